The minimum Gasteiger partial charge on any atom is -0.366 e. The SMILES string of the molecule is CC1CN(c2c(F)cccc2CBr)CCN1C. The van der Waals surface area contributed by atoms with Crippen LogP contribution in [-0.2, 0) is 5.33 Å². The number of piperazine rings is 1. The summed E-state index contributed by atoms with van der Waals surface area (Å²) in [5.74, 6) is -0.112. The van der Waals surface area contributed by atoms with Crippen molar-refractivity contribution in [3.8, 4) is 0 Å². The molecule has 1 unspecified atom stereocenters. The summed E-state index contributed by atoms with van der Waals surface area (Å²) in [5, 5.41) is 0.695. The fraction of sp³-hybridized carbons (Fsp3) is 0.538. The number of nitrogens with zero attached hydrogens (tertiary/aromatic N) is 2. The molecule has 2 rings (SSSR count). The van der Waals surface area contributed by atoms with Crippen molar-refractivity contribution in [2.75, 3.05) is 31.6 Å². The molecule has 17 heavy (non-hydrogen) atoms. The van der Waals surface area contributed by atoms with E-state index in [9.17, 15) is 4.39 Å². The van der Waals surface area contributed by atoms with E-state index in [0.717, 1.165) is 30.9 Å². The molecule has 0 aliphatic carbocycles. The third kappa shape index (κ3) is 2.63. The first-order valence-electron chi connectivity index (χ1n) is 5.92. The van der Waals surface area contributed by atoms with Gasteiger partial charge in [0, 0.05) is 31.0 Å². The van der Waals surface area contributed by atoms with E-state index in [1.54, 1.807) is 12.1 Å². The highest BCUT2D eigenvalue weighted by Crippen LogP contribution is 2.28. The molecule has 1 fully saturated rings. The van der Waals surface area contributed by atoms with E-state index in [1.807, 2.05) is 6.07 Å². The van der Waals surface area contributed by atoms with Gasteiger partial charge in [-0.25, -0.2) is 4.39 Å². The molecule has 0 amide bonds. The lowest BCUT2D eigenvalue weighted by Gasteiger charge is -2.39. The van der Waals surface area contributed by atoms with Crippen LogP contribution in [0.15, 0.2) is 18.2 Å². The molecule has 0 saturated carbocycles. The topological polar surface area (TPSA) is 6.48 Å². The Hall–Kier alpha value is -0.610. The summed E-state index contributed by atoms with van der Waals surface area (Å²) in [6, 6.07) is 5.77. The summed E-state index contributed by atoms with van der Waals surface area (Å²) in [7, 11) is 2.12. The zero-order valence-electron chi connectivity index (χ0n) is 10.3. The molecule has 1 aliphatic rings. The number of halogens is 2. The number of para-hydroxylation sites is 1. The van der Waals surface area contributed by atoms with Gasteiger partial charge in [-0.15, -0.1) is 0 Å². The van der Waals surface area contributed by atoms with Gasteiger partial charge in [0.2, 0.25) is 0 Å². The van der Waals surface area contributed by atoms with Gasteiger partial charge >= 0.3 is 0 Å². The van der Waals surface area contributed by atoms with Crippen molar-refractivity contribution in [1.29, 1.82) is 0 Å². The number of anilines is 1. The van der Waals surface area contributed by atoms with Gasteiger partial charge in [0.1, 0.15) is 5.82 Å². The van der Waals surface area contributed by atoms with Gasteiger partial charge in [-0.3, -0.25) is 0 Å². The third-order valence-electron chi connectivity index (χ3n) is 3.49. The van der Waals surface area contributed by atoms with E-state index < -0.39 is 0 Å². The molecule has 1 saturated heterocycles. The van der Waals surface area contributed by atoms with Gasteiger partial charge in [-0.05, 0) is 25.6 Å². The summed E-state index contributed by atoms with van der Waals surface area (Å²) < 4.78 is 14.0. The standard InChI is InChI=1S/C13H18BrFN2/c1-10-9-17(7-6-16(10)2)13-11(8-14)4-3-5-12(13)15/h3-5,10H,6-9H2,1-2H3. The van der Waals surface area contributed by atoms with Crippen LogP contribution in [0.2, 0.25) is 0 Å². The summed E-state index contributed by atoms with van der Waals surface area (Å²) in [6.45, 7) is 4.94. The molecular formula is C13H18BrFN2. The van der Waals surface area contributed by atoms with Crippen LogP contribution in [0, 0.1) is 5.82 Å². The van der Waals surface area contributed by atoms with Crippen molar-refractivity contribution in [2.45, 2.75) is 18.3 Å². The second-order valence-electron chi connectivity index (χ2n) is 4.66. The minimum absolute atomic E-state index is 0.112. The molecule has 0 N–H and O–H groups in total. The van der Waals surface area contributed by atoms with Crippen LogP contribution in [0.3, 0.4) is 0 Å². The molecule has 0 aromatic heterocycles. The predicted octanol–water partition coefficient (Wildman–Crippen LogP) is 2.86. The number of benzene rings is 1. The van der Waals surface area contributed by atoms with Crippen LogP contribution in [0.1, 0.15) is 12.5 Å². The van der Waals surface area contributed by atoms with Gasteiger partial charge in [-0.2, -0.15) is 0 Å². The van der Waals surface area contributed by atoms with Gasteiger partial charge in [0.05, 0.1) is 5.69 Å². The molecular weight excluding hydrogens is 283 g/mol. The van der Waals surface area contributed by atoms with Crippen LogP contribution in [0.5, 0.6) is 0 Å². The van der Waals surface area contributed by atoms with Gasteiger partial charge in [-0.1, -0.05) is 28.1 Å². The maximum absolute atomic E-state index is 14.0. The van der Waals surface area contributed by atoms with E-state index in [0.29, 0.717) is 11.4 Å². The summed E-state index contributed by atoms with van der Waals surface area (Å²) in [5.41, 5.74) is 1.80. The zero-order valence-corrected chi connectivity index (χ0v) is 11.9. The van der Waals surface area contributed by atoms with Gasteiger partial charge < -0.3 is 9.80 Å². The smallest absolute Gasteiger partial charge is 0.146 e. The van der Waals surface area contributed by atoms with E-state index in [2.05, 4.69) is 39.7 Å². The van der Waals surface area contributed by atoms with Crippen LogP contribution >= 0.6 is 15.9 Å². The Labute approximate surface area is 111 Å². The fourth-order valence-corrected chi connectivity index (χ4v) is 2.73. The average Bonchev–Trinajstić information content (AvgIpc) is 2.32. The van der Waals surface area contributed by atoms with E-state index in [1.165, 1.54) is 0 Å². The second-order valence-corrected chi connectivity index (χ2v) is 5.22. The number of likely N-dealkylation sites (N-methyl/N-ethyl adjacent to an activating group) is 1. The first kappa shape index (κ1) is 12.8. The number of hydrogen-bond acceptors (Lipinski definition) is 2. The van der Waals surface area contributed by atoms with E-state index in [4.69, 9.17) is 0 Å². The van der Waals surface area contributed by atoms with Crippen LogP contribution < -0.4 is 4.90 Å². The van der Waals surface area contributed by atoms with Crippen molar-refractivity contribution in [2.24, 2.45) is 0 Å². The normalized spacial score (nSPS) is 21.9. The van der Waals surface area contributed by atoms with Crippen molar-refractivity contribution in [1.82, 2.24) is 4.90 Å². The Balaban J connectivity index is 2.28. The molecule has 1 atom stereocenters. The molecule has 4 heteroatoms. The molecule has 2 nitrogen and oxygen atoms in total. The molecule has 0 spiro atoms. The highest BCUT2D eigenvalue weighted by atomic mass is 79.9. The van der Waals surface area contributed by atoms with Gasteiger partial charge in [0.25, 0.3) is 0 Å². The molecule has 94 valence electrons. The highest BCUT2D eigenvalue weighted by molar-refractivity contribution is 9.08. The molecule has 1 aliphatic heterocycles. The zero-order chi connectivity index (χ0) is 12.4. The lowest BCUT2D eigenvalue weighted by Crippen LogP contribution is -2.50. The van der Waals surface area contributed by atoms with E-state index >= 15 is 0 Å². The fourth-order valence-electron chi connectivity index (χ4n) is 2.27. The van der Waals surface area contributed by atoms with Crippen molar-refractivity contribution in [3.05, 3.63) is 29.6 Å². The number of rotatable bonds is 2. The Morgan fingerprint density at radius 1 is 1.41 bits per heavy atom. The van der Waals surface area contributed by atoms with Crippen molar-refractivity contribution < 1.29 is 4.39 Å². The number of alkyl halides is 1. The monoisotopic (exact) mass is 300 g/mol. The maximum Gasteiger partial charge on any atom is 0.146 e. The Bertz CT molecular complexity index is 397. The summed E-state index contributed by atoms with van der Waals surface area (Å²) in [6.07, 6.45) is 0. The van der Waals surface area contributed by atoms with Crippen LogP contribution in [0.4, 0.5) is 10.1 Å². The second kappa shape index (κ2) is 5.36. The Kier molecular flexibility index (Phi) is 4.05. The third-order valence-corrected chi connectivity index (χ3v) is 4.09. The van der Waals surface area contributed by atoms with E-state index in [-0.39, 0.29) is 5.82 Å². The van der Waals surface area contributed by atoms with Crippen LogP contribution in [0.25, 0.3) is 0 Å². The maximum atomic E-state index is 14.0. The lowest BCUT2D eigenvalue weighted by atomic mass is 10.1. The Morgan fingerprint density at radius 3 is 2.82 bits per heavy atom. The first-order valence-corrected chi connectivity index (χ1v) is 7.04. The van der Waals surface area contributed by atoms with Gasteiger partial charge in [0.15, 0.2) is 0 Å². The molecule has 0 bridgehead atoms. The highest BCUT2D eigenvalue weighted by Gasteiger charge is 2.24. The predicted molar refractivity (Wildman–Crippen MR) is 73.3 cm³/mol. The Morgan fingerprint density at radius 2 is 2.18 bits per heavy atom. The minimum atomic E-state index is -0.112. The summed E-state index contributed by atoms with van der Waals surface area (Å²) in [4.78, 5) is 4.47. The lowest BCUT2D eigenvalue weighted by molar-refractivity contribution is 0.233. The first-order chi connectivity index (χ1) is 8.13. The van der Waals surface area contributed by atoms with Crippen molar-refractivity contribution >= 4 is 21.6 Å². The quantitative estimate of drug-likeness (QED) is 0.775. The van der Waals surface area contributed by atoms with Crippen LogP contribution in [-0.4, -0.2) is 37.6 Å². The summed E-state index contributed by atoms with van der Waals surface area (Å²) >= 11 is 3.43. The average molecular weight is 301 g/mol. The largest absolute Gasteiger partial charge is 0.366 e. The van der Waals surface area contributed by atoms with Crippen molar-refractivity contribution in [3.63, 3.8) is 0 Å². The molecule has 1 aromatic carbocycles. The molecule has 0 radical (unpaired) electrons. The number of hydrogen-bond donors (Lipinski definition) is 0. The molecule has 1 heterocycles. The molecule has 1 aromatic rings.